The van der Waals surface area contributed by atoms with Crippen molar-refractivity contribution < 1.29 is 23.6 Å². The molecule has 154 valence electrons. The molecule has 0 bridgehead atoms. The van der Waals surface area contributed by atoms with Crippen molar-refractivity contribution in [2.24, 2.45) is 0 Å². The second-order valence-electron chi connectivity index (χ2n) is 7.60. The van der Waals surface area contributed by atoms with E-state index in [9.17, 15) is 9.59 Å². The zero-order valence-corrected chi connectivity index (χ0v) is 17.5. The minimum absolute atomic E-state index is 0.0687. The number of nitrogens with one attached hydrogen (secondary N) is 3. The molecule has 3 N–H and O–H groups in total. The zero-order valence-electron chi connectivity index (χ0n) is 17.5. The molecule has 0 aliphatic carbocycles. The molecule has 3 rings (SSSR count). The van der Waals surface area contributed by atoms with Gasteiger partial charge >= 0.3 is 0 Å². The summed E-state index contributed by atoms with van der Waals surface area (Å²) in [6.45, 7) is 5.82. The van der Waals surface area contributed by atoms with E-state index in [4.69, 9.17) is 9.15 Å². The number of quaternary nitrogens is 1. The van der Waals surface area contributed by atoms with Gasteiger partial charge in [0.05, 0.1) is 19.8 Å². The first kappa shape index (κ1) is 20.7. The van der Waals surface area contributed by atoms with Crippen molar-refractivity contribution in [2.75, 3.05) is 26.0 Å². The standard InChI is InChI=1S/C22H27N3O4/c1-13(2)23-21(26)12-25(4)14(3)22(27)24-17-11-19-16(10-20(17)28-5)15-8-6-7-9-18(15)29-19/h6-11,13-14H,12H2,1-5H3,(H,23,26)(H,24,27)/p+1/t14-/m1/s1. The van der Waals surface area contributed by atoms with Crippen molar-refractivity contribution in [1.82, 2.24) is 5.32 Å². The minimum atomic E-state index is -0.427. The second kappa shape index (κ2) is 8.53. The van der Waals surface area contributed by atoms with Gasteiger partial charge in [0.2, 0.25) is 0 Å². The molecular formula is C22H28N3O4+. The highest BCUT2D eigenvalue weighted by atomic mass is 16.5. The third kappa shape index (κ3) is 4.51. The second-order valence-corrected chi connectivity index (χ2v) is 7.60. The summed E-state index contributed by atoms with van der Waals surface area (Å²) in [6, 6.07) is 11.1. The lowest BCUT2D eigenvalue weighted by molar-refractivity contribution is -0.885. The number of fused-ring (bicyclic) bond motifs is 3. The van der Waals surface area contributed by atoms with Crippen LogP contribution in [0.2, 0.25) is 0 Å². The Balaban J connectivity index is 1.80. The fraction of sp³-hybridized carbons (Fsp3) is 0.364. The van der Waals surface area contributed by atoms with Crippen LogP contribution in [0.1, 0.15) is 20.8 Å². The summed E-state index contributed by atoms with van der Waals surface area (Å²) in [5, 5.41) is 7.68. The van der Waals surface area contributed by atoms with E-state index in [1.165, 1.54) is 0 Å². The quantitative estimate of drug-likeness (QED) is 0.568. The van der Waals surface area contributed by atoms with Gasteiger partial charge in [-0.1, -0.05) is 18.2 Å². The average Bonchev–Trinajstić information content (AvgIpc) is 3.03. The van der Waals surface area contributed by atoms with Crippen LogP contribution in [0.15, 0.2) is 40.8 Å². The van der Waals surface area contributed by atoms with E-state index < -0.39 is 6.04 Å². The normalized spacial score (nSPS) is 13.4. The van der Waals surface area contributed by atoms with Gasteiger partial charge in [0.25, 0.3) is 11.8 Å². The van der Waals surface area contributed by atoms with Gasteiger partial charge in [0.15, 0.2) is 12.6 Å². The van der Waals surface area contributed by atoms with Gasteiger partial charge in [-0.3, -0.25) is 9.59 Å². The van der Waals surface area contributed by atoms with Gasteiger partial charge in [-0.2, -0.15) is 0 Å². The van der Waals surface area contributed by atoms with Gasteiger partial charge < -0.3 is 24.7 Å². The van der Waals surface area contributed by atoms with Gasteiger partial charge in [-0.25, -0.2) is 0 Å². The van der Waals surface area contributed by atoms with Gasteiger partial charge in [-0.15, -0.1) is 0 Å². The Bertz CT molecular complexity index is 1040. The summed E-state index contributed by atoms with van der Waals surface area (Å²) in [5.74, 6) is 0.270. The number of ether oxygens (including phenoxy) is 1. The van der Waals surface area contributed by atoms with E-state index in [0.29, 0.717) is 17.0 Å². The van der Waals surface area contributed by atoms with Crippen LogP contribution in [0.25, 0.3) is 21.9 Å². The summed E-state index contributed by atoms with van der Waals surface area (Å²) >= 11 is 0. The molecule has 0 saturated heterocycles. The molecule has 29 heavy (non-hydrogen) atoms. The molecule has 2 atom stereocenters. The predicted molar refractivity (Wildman–Crippen MR) is 113 cm³/mol. The number of carbonyl (C=O) groups excluding carboxylic acids is 2. The van der Waals surface area contributed by atoms with E-state index >= 15 is 0 Å². The molecule has 0 saturated carbocycles. The van der Waals surface area contributed by atoms with Crippen LogP contribution in [0.3, 0.4) is 0 Å². The number of likely N-dealkylation sites (N-methyl/N-ethyl adjacent to an activating group) is 1. The van der Waals surface area contributed by atoms with Gasteiger partial charge in [-0.05, 0) is 32.9 Å². The third-order valence-electron chi connectivity index (χ3n) is 4.98. The molecule has 2 aromatic carbocycles. The Hall–Kier alpha value is -3.06. The van der Waals surface area contributed by atoms with Crippen LogP contribution >= 0.6 is 0 Å². The number of furan rings is 1. The van der Waals surface area contributed by atoms with Crippen LogP contribution in [0.5, 0.6) is 5.75 Å². The highest BCUT2D eigenvalue weighted by molar-refractivity contribution is 6.08. The molecule has 2 amide bonds. The number of rotatable bonds is 7. The minimum Gasteiger partial charge on any atom is -0.495 e. The van der Waals surface area contributed by atoms with Crippen LogP contribution in [0.4, 0.5) is 5.69 Å². The number of benzene rings is 2. The molecule has 0 spiro atoms. The lowest BCUT2D eigenvalue weighted by Gasteiger charge is -2.21. The summed E-state index contributed by atoms with van der Waals surface area (Å²) in [5.41, 5.74) is 1.99. The first-order chi connectivity index (χ1) is 13.8. The highest BCUT2D eigenvalue weighted by Crippen LogP contribution is 2.36. The van der Waals surface area contributed by atoms with E-state index in [1.54, 1.807) is 20.1 Å². The average molecular weight is 398 g/mol. The Morgan fingerprint density at radius 1 is 1.10 bits per heavy atom. The number of anilines is 1. The van der Waals surface area contributed by atoms with Crippen molar-refractivity contribution in [1.29, 1.82) is 0 Å². The smallest absolute Gasteiger partial charge is 0.282 e. The zero-order chi connectivity index (χ0) is 21.1. The summed E-state index contributed by atoms with van der Waals surface area (Å²) in [4.78, 5) is 25.6. The van der Waals surface area contributed by atoms with Gasteiger partial charge in [0, 0.05) is 22.9 Å². The number of methoxy groups -OCH3 is 1. The van der Waals surface area contributed by atoms with E-state index in [0.717, 1.165) is 21.3 Å². The Kier molecular flexibility index (Phi) is 6.08. The van der Waals surface area contributed by atoms with Crippen molar-refractivity contribution in [2.45, 2.75) is 32.9 Å². The summed E-state index contributed by atoms with van der Waals surface area (Å²) in [6.07, 6.45) is 0. The molecule has 1 unspecified atom stereocenters. The molecule has 7 nitrogen and oxygen atoms in total. The number of hydrogen-bond acceptors (Lipinski definition) is 4. The monoisotopic (exact) mass is 398 g/mol. The number of para-hydroxylation sites is 1. The van der Waals surface area contributed by atoms with Gasteiger partial charge in [0.1, 0.15) is 16.9 Å². The molecule has 0 fully saturated rings. The van der Waals surface area contributed by atoms with Crippen LogP contribution in [-0.2, 0) is 9.59 Å². The first-order valence-corrected chi connectivity index (χ1v) is 9.72. The number of hydrogen-bond donors (Lipinski definition) is 3. The van der Waals surface area contributed by atoms with Crippen molar-refractivity contribution in [3.63, 3.8) is 0 Å². The van der Waals surface area contributed by atoms with E-state index in [2.05, 4.69) is 10.6 Å². The first-order valence-electron chi connectivity index (χ1n) is 9.72. The van der Waals surface area contributed by atoms with E-state index in [-0.39, 0.29) is 24.4 Å². The maximum absolute atomic E-state index is 12.8. The number of amides is 2. The van der Waals surface area contributed by atoms with Crippen molar-refractivity contribution in [3.8, 4) is 5.75 Å². The Labute approximate surface area is 170 Å². The van der Waals surface area contributed by atoms with E-state index in [1.807, 2.05) is 51.2 Å². The van der Waals surface area contributed by atoms with Crippen molar-refractivity contribution in [3.05, 3.63) is 36.4 Å². The topological polar surface area (TPSA) is 85.0 Å². The lowest BCUT2D eigenvalue weighted by Crippen LogP contribution is -3.15. The molecule has 0 radical (unpaired) electrons. The molecule has 0 aliphatic heterocycles. The highest BCUT2D eigenvalue weighted by Gasteiger charge is 2.25. The number of carbonyl (C=O) groups is 2. The predicted octanol–water partition coefficient (Wildman–Crippen LogP) is 1.96. The molecule has 0 aliphatic rings. The fourth-order valence-electron chi connectivity index (χ4n) is 3.26. The molecule has 1 aromatic heterocycles. The molecule has 3 aromatic rings. The van der Waals surface area contributed by atoms with Crippen molar-refractivity contribution >= 4 is 39.4 Å². The van der Waals surface area contributed by atoms with Crippen LogP contribution in [0, 0.1) is 0 Å². The Morgan fingerprint density at radius 3 is 2.52 bits per heavy atom. The maximum atomic E-state index is 12.8. The maximum Gasteiger partial charge on any atom is 0.282 e. The summed E-state index contributed by atoms with van der Waals surface area (Å²) in [7, 11) is 3.39. The van der Waals surface area contributed by atoms with Crippen LogP contribution < -0.4 is 20.3 Å². The fourth-order valence-corrected chi connectivity index (χ4v) is 3.26. The molecule has 1 heterocycles. The molecule has 7 heteroatoms. The SMILES string of the molecule is COc1cc2c(cc1NC(=O)[C@@H](C)[NH+](C)CC(=O)NC(C)C)oc1ccccc12. The lowest BCUT2D eigenvalue weighted by atomic mass is 10.1. The third-order valence-corrected chi connectivity index (χ3v) is 4.98. The molecular weight excluding hydrogens is 370 g/mol. The van der Waals surface area contributed by atoms with Crippen LogP contribution in [-0.4, -0.2) is 44.6 Å². The largest absolute Gasteiger partial charge is 0.495 e. The summed E-state index contributed by atoms with van der Waals surface area (Å²) < 4.78 is 11.4. The Morgan fingerprint density at radius 2 is 1.83 bits per heavy atom.